The van der Waals surface area contributed by atoms with Gasteiger partial charge in [0.25, 0.3) is 10.0 Å². The monoisotopic (exact) mass is 397 g/mol. The summed E-state index contributed by atoms with van der Waals surface area (Å²) in [5.41, 5.74) is 0.945. The van der Waals surface area contributed by atoms with Crippen LogP contribution in [0.5, 0.6) is 0 Å². The van der Waals surface area contributed by atoms with Crippen molar-refractivity contribution in [3.63, 3.8) is 0 Å². The summed E-state index contributed by atoms with van der Waals surface area (Å²) in [6.45, 7) is 1.88. The van der Waals surface area contributed by atoms with Gasteiger partial charge in [-0.15, -0.1) is 11.8 Å². The maximum absolute atomic E-state index is 12.6. The Balaban J connectivity index is 1.67. The summed E-state index contributed by atoms with van der Waals surface area (Å²) in [6, 6.07) is 13.7. The molecule has 1 aliphatic rings. The Hall–Kier alpha value is -1.70. The minimum absolute atomic E-state index is 0.00956. The molecule has 0 spiro atoms. The van der Waals surface area contributed by atoms with Crippen LogP contribution in [0.2, 0.25) is 5.02 Å². The molecule has 1 unspecified atom stereocenters. The first kappa shape index (κ1) is 18.1. The van der Waals surface area contributed by atoms with E-state index in [0.29, 0.717) is 10.8 Å². The summed E-state index contributed by atoms with van der Waals surface area (Å²) in [5, 5.41) is 0.645. The zero-order chi connectivity index (χ0) is 18.0. The van der Waals surface area contributed by atoms with Crippen molar-refractivity contribution in [3.05, 3.63) is 59.1 Å². The second kappa shape index (κ2) is 7.27. The lowest BCUT2D eigenvalue weighted by atomic mass is 10.2. The van der Waals surface area contributed by atoms with Gasteiger partial charge in [-0.3, -0.25) is 0 Å². The minimum Gasteiger partial charge on any atom is -0.443 e. The van der Waals surface area contributed by atoms with Gasteiger partial charge in [0.15, 0.2) is 0 Å². The maximum atomic E-state index is 12.6. The van der Waals surface area contributed by atoms with Gasteiger partial charge in [-0.2, -0.15) is 4.31 Å². The number of ether oxygens (including phenoxy) is 1. The minimum atomic E-state index is -3.89. The lowest BCUT2D eigenvalue weighted by Gasteiger charge is -2.13. The number of benzene rings is 2. The van der Waals surface area contributed by atoms with Crippen molar-refractivity contribution in [1.82, 2.24) is 4.31 Å². The molecule has 2 aromatic rings. The summed E-state index contributed by atoms with van der Waals surface area (Å²) in [4.78, 5) is 13.1. The molecule has 5 nitrogen and oxygen atoms in total. The zero-order valence-electron chi connectivity index (χ0n) is 13.4. The Morgan fingerprint density at radius 2 is 1.80 bits per heavy atom. The van der Waals surface area contributed by atoms with Crippen LogP contribution in [0.4, 0.5) is 4.79 Å². The molecule has 8 heteroatoms. The van der Waals surface area contributed by atoms with Gasteiger partial charge < -0.3 is 4.74 Å². The fourth-order valence-corrected chi connectivity index (χ4v) is 4.68. The molecule has 0 bridgehead atoms. The van der Waals surface area contributed by atoms with Crippen LogP contribution in [0.1, 0.15) is 5.56 Å². The third kappa shape index (κ3) is 4.11. The molecule has 1 aliphatic heterocycles. The summed E-state index contributed by atoms with van der Waals surface area (Å²) in [5.74, 6) is 0.466. The zero-order valence-corrected chi connectivity index (χ0v) is 15.8. The molecule has 132 valence electrons. The van der Waals surface area contributed by atoms with Crippen molar-refractivity contribution in [2.24, 2.45) is 0 Å². The highest BCUT2D eigenvalue weighted by molar-refractivity contribution is 7.99. The average molecular weight is 398 g/mol. The first-order valence-electron chi connectivity index (χ1n) is 7.54. The predicted molar refractivity (Wildman–Crippen MR) is 97.5 cm³/mol. The van der Waals surface area contributed by atoms with E-state index in [1.165, 1.54) is 23.9 Å². The summed E-state index contributed by atoms with van der Waals surface area (Å²) >= 11 is 7.32. The molecule has 1 atom stereocenters. The van der Waals surface area contributed by atoms with Gasteiger partial charge >= 0.3 is 6.09 Å². The van der Waals surface area contributed by atoms with Gasteiger partial charge in [0, 0.05) is 15.7 Å². The first-order valence-corrected chi connectivity index (χ1v) is 10.3. The topological polar surface area (TPSA) is 63.7 Å². The van der Waals surface area contributed by atoms with Crippen molar-refractivity contribution in [3.8, 4) is 0 Å². The molecular formula is C17H16ClNO4S2. The Morgan fingerprint density at radius 3 is 2.44 bits per heavy atom. The van der Waals surface area contributed by atoms with Crippen LogP contribution in [-0.2, 0) is 14.8 Å². The molecule has 0 N–H and O–H groups in total. The number of hydrogen-bond acceptors (Lipinski definition) is 5. The van der Waals surface area contributed by atoms with Crippen LogP contribution in [-0.4, -0.2) is 37.2 Å². The molecule has 3 rings (SSSR count). The van der Waals surface area contributed by atoms with E-state index in [1.807, 2.05) is 19.1 Å². The molecule has 2 aromatic carbocycles. The van der Waals surface area contributed by atoms with Crippen molar-refractivity contribution in [2.45, 2.75) is 22.8 Å². The number of aryl methyl sites for hydroxylation is 1. The third-order valence-electron chi connectivity index (χ3n) is 3.70. The molecule has 0 aliphatic carbocycles. The fourth-order valence-electron chi connectivity index (χ4n) is 2.34. The molecule has 1 saturated heterocycles. The highest BCUT2D eigenvalue weighted by Crippen LogP contribution is 2.27. The normalized spacial score (nSPS) is 17.6. The summed E-state index contributed by atoms with van der Waals surface area (Å²) in [7, 11) is -3.89. The maximum Gasteiger partial charge on any atom is 0.424 e. The second-order valence-electron chi connectivity index (χ2n) is 5.62. The van der Waals surface area contributed by atoms with Crippen LogP contribution in [0.15, 0.2) is 58.3 Å². The Morgan fingerprint density at radius 1 is 1.16 bits per heavy atom. The number of carbonyl (C=O) groups is 1. The van der Waals surface area contributed by atoms with E-state index >= 15 is 0 Å². The van der Waals surface area contributed by atoms with Gasteiger partial charge in [-0.05, 0) is 43.3 Å². The number of sulfonamides is 1. The first-order chi connectivity index (χ1) is 11.9. The molecular weight excluding hydrogens is 382 g/mol. The summed E-state index contributed by atoms with van der Waals surface area (Å²) in [6.07, 6.45) is -1.32. The molecule has 1 heterocycles. The smallest absolute Gasteiger partial charge is 0.424 e. The van der Waals surface area contributed by atoms with Gasteiger partial charge in [-0.25, -0.2) is 13.2 Å². The van der Waals surface area contributed by atoms with Crippen molar-refractivity contribution in [2.75, 3.05) is 12.3 Å². The van der Waals surface area contributed by atoms with Crippen LogP contribution in [0.25, 0.3) is 0 Å². The van der Waals surface area contributed by atoms with E-state index in [4.69, 9.17) is 16.3 Å². The number of hydrogen-bond donors (Lipinski definition) is 0. The fraction of sp³-hybridized carbons (Fsp3) is 0.235. The number of nitrogens with zero attached hydrogens (tertiary/aromatic N) is 1. The Labute approximate surface area is 156 Å². The van der Waals surface area contributed by atoms with Crippen LogP contribution >= 0.6 is 23.4 Å². The summed E-state index contributed by atoms with van der Waals surface area (Å²) < 4.78 is 31.2. The van der Waals surface area contributed by atoms with Gasteiger partial charge in [0.1, 0.15) is 6.10 Å². The SMILES string of the molecule is Cc1ccc(S(=O)(=O)N2CC(CSc3ccc(Cl)cc3)OC2=O)cc1. The van der Waals surface area contributed by atoms with E-state index in [0.717, 1.165) is 14.8 Å². The van der Waals surface area contributed by atoms with Crippen LogP contribution in [0.3, 0.4) is 0 Å². The van der Waals surface area contributed by atoms with Crippen molar-refractivity contribution in [1.29, 1.82) is 0 Å². The highest BCUT2D eigenvalue weighted by atomic mass is 35.5. The van der Waals surface area contributed by atoms with E-state index < -0.39 is 22.2 Å². The van der Waals surface area contributed by atoms with Crippen LogP contribution < -0.4 is 0 Å². The van der Waals surface area contributed by atoms with E-state index in [1.54, 1.807) is 24.3 Å². The van der Waals surface area contributed by atoms with Gasteiger partial charge in [0.2, 0.25) is 0 Å². The largest absolute Gasteiger partial charge is 0.443 e. The predicted octanol–water partition coefficient (Wildman–Crippen LogP) is 3.95. The number of thioether (sulfide) groups is 1. The van der Waals surface area contributed by atoms with E-state index in [2.05, 4.69) is 0 Å². The molecule has 0 radical (unpaired) electrons. The lowest BCUT2D eigenvalue weighted by molar-refractivity contribution is 0.146. The van der Waals surface area contributed by atoms with Crippen molar-refractivity contribution >= 4 is 39.5 Å². The Kier molecular flexibility index (Phi) is 5.27. The molecule has 0 saturated carbocycles. The van der Waals surface area contributed by atoms with Crippen LogP contribution in [0, 0.1) is 6.92 Å². The standard InChI is InChI=1S/C17H16ClNO4S2/c1-12-2-8-16(9-3-12)25(21,22)19-10-14(23-17(19)20)11-24-15-6-4-13(18)5-7-15/h2-9,14H,10-11H2,1H3. The molecule has 25 heavy (non-hydrogen) atoms. The Bertz CT molecular complexity index is 867. The average Bonchev–Trinajstić information content (AvgIpc) is 2.96. The number of halogens is 1. The quantitative estimate of drug-likeness (QED) is 0.715. The second-order valence-corrected chi connectivity index (χ2v) is 9.01. The molecule has 0 aromatic heterocycles. The highest BCUT2D eigenvalue weighted by Gasteiger charge is 2.40. The van der Waals surface area contributed by atoms with E-state index in [-0.39, 0.29) is 11.4 Å². The molecule has 1 fully saturated rings. The molecule has 1 amide bonds. The number of rotatable bonds is 5. The number of amides is 1. The number of cyclic esters (lactones) is 1. The van der Waals surface area contributed by atoms with Gasteiger partial charge in [0.05, 0.1) is 11.4 Å². The number of carbonyl (C=O) groups excluding carboxylic acids is 1. The van der Waals surface area contributed by atoms with Crippen molar-refractivity contribution < 1.29 is 17.9 Å². The van der Waals surface area contributed by atoms with Gasteiger partial charge in [-0.1, -0.05) is 29.3 Å². The lowest BCUT2D eigenvalue weighted by Crippen LogP contribution is -2.32. The van der Waals surface area contributed by atoms with E-state index in [9.17, 15) is 13.2 Å². The third-order valence-corrected chi connectivity index (χ3v) is 6.84.